The summed E-state index contributed by atoms with van der Waals surface area (Å²) in [5.41, 5.74) is 1.42. The zero-order chi connectivity index (χ0) is 25.3. The minimum Gasteiger partial charge on any atom is -0.396 e. The van der Waals surface area contributed by atoms with E-state index in [9.17, 15) is 19.5 Å². The third-order valence-corrected chi connectivity index (χ3v) is 10.3. The van der Waals surface area contributed by atoms with Crippen LogP contribution in [0.5, 0.6) is 0 Å². The van der Waals surface area contributed by atoms with Gasteiger partial charge in [0.1, 0.15) is 6.04 Å². The molecule has 3 aliphatic heterocycles. The van der Waals surface area contributed by atoms with Crippen LogP contribution in [0, 0.1) is 24.7 Å². The first kappa shape index (κ1) is 26.3. The summed E-state index contributed by atoms with van der Waals surface area (Å²) >= 11 is 8.09. The monoisotopic (exact) mass is 521 g/mol. The summed E-state index contributed by atoms with van der Waals surface area (Å²) in [4.78, 5) is 42.8. The summed E-state index contributed by atoms with van der Waals surface area (Å²) in [7, 11) is 0. The maximum absolute atomic E-state index is 14.0. The van der Waals surface area contributed by atoms with Crippen LogP contribution in [0.4, 0.5) is 5.69 Å². The molecule has 1 aromatic carbocycles. The number of fused-ring (bicyclic) bond motifs is 1. The van der Waals surface area contributed by atoms with E-state index in [0.717, 1.165) is 24.8 Å². The smallest absolute Gasteiger partial charge is 0.248 e. The van der Waals surface area contributed by atoms with Gasteiger partial charge in [0.15, 0.2) is 0 Å². The molecular weight excluding hydrogens is 486 g/mol. The molecule has 3 saturated heterocycles. The molecule has 0 aromatic heterocycles. The highest BCUT2D eigenvalue weighted by molar-refractivity contribution is 8.02. The molecule has 1 aromatic rings. The highest BCUT2D eigenvalue weighted by atomic mass is 35.5. The van der Waals surface area contributed by atoms with Gasteiger partial charge in [0.05, 0.1) is 27.3 Å². The number of hydrogen-bond acceptors (Lipinski definition) is 5. The predicted molar refractivity (Wildman–Crippen MR) is 139 cm³/mol. The quantitative estimate of drug-likeness (QED) is 0.408. The standard InChI is InChI=1S/C26H36ClN3O4S/c1-4-11-28-23(32)19-18-14-16(3)26(35-18)20(19)25(34)30(12-6-5-7-13-31)22(26)24(33)29-21-15(2)9-8-10-17(21)27/h8-10,16,18-20,22,31H,4-7,11-14H2,1-3H3,(H,28,32)(H,29,33)/t16?,18-,19+,20-,22?,26?/m0/s1. The largest absolute Gasteiger partial charge is 0.396 e. The van der Waals surface area contributed by atoms with Gasteiger partial charge in [-0.15, -0.1) is 11.8 Å². The van der Waals surface area contributed by atoms with Crippen LogP contribution in [0.1, 0.15) is 51.5 Å². The number of para-hydroxylation sites is 1. The number of likely N-dealkylation sites (tertiary alicyclic amines) is 1. The predicted octanol–water partition coefficient (Wildman–Crippen LogP) is 3.61. The van der Waals surface area contributed by atoms with E-state index >= 15 is 0 Å². The van der Waals surface area contributed by atoms with Crippen LogP contribution in [0.3, 0.4) is 0 Å². The van der Waals surface area contributed by atoms with Crippen LogP contribution in [-0.4, -0.2) is 63.5 Å². The molecular formula is C26H36ClN3O4S. The lowest BCUT2D eigenvalue weighted by Gasteiger charge is -2.38. The second-order valence-corrected chi connectivity index (χ2v) is 12.0. The van der Waals surface area contributed by atoms with Crippen LogP contribution in [-0.2, 0) is 14.4 Å². The Morgan fingerprint density at radius 2 is 2.03 bits per heavy atom. The average molecular weight is 522 g/mol. The van der Waals surface area contributed by atoms with Crippen LogP contribution in [0.2, 0.25) is 5.02 Å². The molecule has 3 amide bonds. The van der Waals surface area contributed by atoms with Crippen molar-refractivity contribution < 1.29 is 19.5 Å². The van der Waals surface area contributed by atoms with E-state index in [4.69, 9.17) is 11.6 Å². The fourth-order valence-corrected chi connectivity index (χ4v) is 8.97. The maximum Gasteiger partial charge on any atom is 0.248 e. The number of nitrogens with one attached hydrogen (secondary N) is 2. The number of benzene rings is 1. The lowest BCUT2D eigenvalue weighted by molar-refractivity contribution is -0.139. The third kappa shape index (κ3) is 4.46. The van der Waals surface area contributed by atoms with Crippen LogP contribution >= 0.6 is 23.4 Å². The number of aliphatic hydroxyl groups excluding tert-OH is 1. The molecule has 4 rings (SSSR count). The Bertz CT molecular complexity index is 971. The van der Waals surface area contributed by atoms with Gasteiger partial charge in [-0.05, 0) is 56.6 Å². The van der Waals surface area contributed by atoms with E-state index in [1.165, 1.54) is 0 Å². The Balaban J connectivity index is 1.69. The highest BCUT2D eigenvalue weighted by Crippen LogP contribution is 2.68. The van der Waals surface area contributed by atoms with E-state index in [-0.39, 0.29) is 35.5 Å². The van der Waals surface area contributed by atoms with Gasteiger partial charge < -0.3 is 20.6 Å². The molecule has 192 valence electrons. The number of nitrogens with zero attached hydrogens (tertiary/aromatic N) is 1. The lowest BCUT2D eigenvalue weighted by atomic mass is 9.66. The molecule has 3 aliphatic rings. The van der Waals surface area contributed by atoms with E-state index in [1.807, 2.05) is 26.0 Å². The van der Waals surface area contributed by atoms with Gasteiger partial charge in [-0.3, -0.25) is 14.4 Å². The van der Waals surface area contributed by atoms with Gasteiger partial charge in [0.25, 0.3) is 0 Å². The molecule has 7 nitrogen and oxygen atoms in total. The van der Waals surface area contributed by atoms with Crippen molar-refractivity contribution >= 4 is 46.8 Å². The Morgan fingerprint density at radius 3 is 2.71 bits per heavy atom. The summed E-state index contributed by atoms with van der Waals surface area (Å²) < 4.78 is -0.647. The van der Waals surface area contributed by atoms with Crippen molar-refractivity contribution in [2.45, 2.75) is 68.9 Å². The van der Waals surface area contributed by atoms with Crippen molar-refractivity contribution in [1.29, 1.82) is 0 Å². The number of carbonyl (C=O) groups excluding carboxylic acids is 3. The van der Waals surface area contributed by atoms with E-state index in [1.54, 1.807) is 22.7 Å². The Morgan fingerprint density at radius 1 is 1.26 bits per heavy atom. The zero-order valence-corrected chi connectivity index (χ0v) is 22.3. The molecule has 3 fully saturated rings. The van der Waals surface area contributed by atoms with E-state index in [0.29, 0.717) is 36.6 Å². The molecule has 9 heteroatoms. The number of rotatable bonds is 10. The number of carbonyl (C=O) groups is 3. The highest BCUT2D eigenvalue weighted by Gasteiger charge is 2.75. The van der Waals surface area contributed by atoms with Crippen LogP contribution in [0.15, 0.2) is 18.2 Å². The maximum atomic E-state index is 14.0. The number of hydrogen-bond donors (Lipinski definition) is 3. The molecule has 0 saturated carbocycles. The van der Waals surface area contributed by atoms with E-state index < -0.39 is 22.6 Å². The van der Waals surface area contributed by atoms with Crippen LogP contribution in [0.25, 0.3) is 0 Å². The normalized spacial score (nSPS) is 31.1. The molecule has 2 bridgehead atoms. The Hall–Kier alpha value is -1.77. The first-order valence-electron chi connectivity index (χ1n) is 12.7. The van der Waals surface area contributed by atoms with Gasteiger partial charge in [0.2, 0.25) is 17.7 Å². The number of aliphatic hydroxyl groups is 1. The Labute approximate surface area is 216 Å². The number of thioether (sulfide) groups is 1. The summed E-state index contributed by atoms with van der Waals surface area (Å²) in [6, 6.07) is 4.79. The van der Waals surface area contributed by atoms with Gasteiger partial charge >= 0.3 is 0 Å². The zero-order valence-electron chi connectivity index (χ0n) is 20.7. The molecule has 1 spiro atoms. The lowest BCUT2D eigenvalue weighted by Crippen LogP contribution is -2.55. The first-order chi connectivity index (χ1) is 16.8. The second kappa shape index (κ2) is 10.7. The van der Waals surface area contributed by atoms with E-state index in [2.05, 4.69) is 17.6 Å². The number of aryl methyl sites for hydroxylation is 1. The van der Waals surface area contributed by atoms with Crippen LogP contribution < -0.4 is 10.6 Å². The summed E-state index contributed by atoms with van der Waals surface area (Å²) in [5.74, 6) is -1.22. The first-order valence-corrected chi connectivity index (χ1v) is 14.0. The van der Waals surface area contributed by atoms with Gasteiger partial charge in [-0.25, -0.2) is 0 Å². The molecule has 3 heterocycles. The number of halogens is 1. The van der Waals surface area contributed by atoms with Crippen molar-refractivity contribution in [3.05, 3.63) is 28.8 Å². The van der Waals surface area contributed by atoms with Crippen molar-refractivity contribution in [3.63, 3.8) is 0 Å². The van der Waals surface area contributed by atoms with Gasteiger partial charge in [-0.2, -0.15) is 0 Å². The number of amides is 3. The fourth-order valence-electron chi connectivity index (χ4n) is 6.28. The minimum atomic E-state index is -0.682. The summed E-state index contributed by atoms with van der Waals surface area (Å²) in [5, 5.41) is 15.7. The summed E-state index contributed by atoms with van der Waals surface area (Å²) in [6.07, 6.45) is 3.75. The molecule has 0 aliphatic carbocycles. The van der Waals surface area contributed by atoms with Gasteiger partial charge in [0, 0.05) is 24.9 Å². The van der Waals surface area contributed by atoms with Crippen molar-refractivity contribution in [1.82, 2.24) is 10.2 Å². The second-order valence-electron chi connectivity index (χ2n) is 10.1. The van der Waals surface area contributed by atoms with Crippen molar-refractivity contribution in [2.75, 3.05) is 25.0 Å². The summed E-state index contributed by atoms with van der Waals surface area (Å²) in [6.45, 7) is 7.12. The van der Waals surface area contributed by atoms with Gasteiger partial charge in [-0.1, -0.05) is 37.6 Å². The molecule has 35 heavy (non-hydrogen) atoms. The Kier molecular flexibility index (Phi) is 8.03. The minimum absolute atomic E-state index is 0.0321. The van der Waals surface area contributed by atoms with Crippen molar-refractivity contribution in [2.24, 2.45) is 17.8 Å². The number of anilines is 1. The molecule has 6 atom stereocenters. The fraction of sp³-hybridized carbons (Fsp3) is 0.654. The average Bonchev–Trinajstić information content (AvgIpc) is 3.41. The topological polar surface area (TPSA) is 98.7 Å². The SMILES string of the molecule is CCCNC(=O)[C@@H]1[C@@H]2CC(C)C3(S2)C(C(=O)Nc2c(C)cccc2Cl)N(CCCCCO)C(=O)[C@H]13. The molecule has 3 N–H and O–H groups in total. The molecule has 0 radical (unpaired) electrons. The van der Waals surface area contributed by atoms with Crippen molar-refractivity contribution in [3.8, 4) is 0 Å². The number of unbranched alkanes of at least 4 members (excludes halogenated alkanes) is 2. The third-order valence-electron chi connectivity index (χ3n) is 7.87. The molecule has 3 unspecified atom stereocenters.